The van der Waals surface area contributed by atoms with Crippen LogP contribution in [0.2, 0.25) is 10.0 Å². The molecule has 11 heteroatoms. The largest absolute Gasteiger partial charge is 0.534 e. The Bertz CT molecular complexity index is 863. The molecule has 162 valence electrons. The van der Waals surface area contributed by atoms with Crippen LogP contribution < -0.4 is 4.18 Å². The van der Waals surface area contributed by atoms with Gasteiger partial charge in [-0.3, -0.25) is 4.79 Å². The van der Waals surface area contributed by atoms with E-state index in [0.29, 0.717) is 18.5 Å². The van der Waals surface area contributed by atoms with E-state index >= 15 is 0 Å². The molecule has 2 aliphatic rings. The molecule has 0 N–H and O–H groups in total. The molecule has 5 nitrogen and oxygen atoms in total. The SMILES string of the molecule is O=C1[C@@H](Cc2c(Cl)cc(OS(=O)(=O)C(F)(F)F)cc2Cl)CCN1C1CCCCC1. The Labute approximate surface area is 177 Å². The van der Waals surface area contributed by atoms with Crippen molar-refractivity contribution in [1.82, 2.24) is 4.90 Å². The van der Waals surface area contributed by atoms with E-state index in [-0.39, 0.29) is 34.3 Å². The quantitative estimate of drug-likeness (QED) is 0.448. The number of alkyl halides is 3. The van der Waals surface area contributed by atoms with Crippen LogP contribution in [0, 0.1) is 5.92 Å². The van der Waals surface area contributed by atoms with Crippen molar-refractivity contribution < 1.29 is 30.6 Å². The molecular weight excluding hydrogens is 454 g/mol. The lowest BCUT2D eigenvalue weighted by atomic mass is 9.94. The average Bonchev–Trinajstić information content (AvgIpc) is 2.98. The molecule has 1 heterocycles. The fraction of sp³-hybridized carbons (Fsp3) is 0.611. The van der Waals surface area contributed by atoms with E-state index < -0.39 is 21.4 Å². The highest BCUT2D eigenvalue weighted by Crippen LogP contribution is 2.37. The third kappa shape index (κ3) is 4.94. The van der Waals surface area contributed by atoms with Gasteiger partial charge in [0, 0.05) is 40.7 Å². The molecule has 1 aromatic carbocycles. The third-order valence-corrected chi connectivity index (χ3v) is 7.07. The first-order valence-corrected chi connectivity index (χ1v) is 11.4. The predicted octanol–water partition coefficient (Wildman–Crippen LogP) is 4.95. The van der Waals surface area contributed by atoms with Gasteiger partial charge in [0.25, 0.3) is 0 Å². The molecule has 1 aliphatic heterocycles. The van der Waals surface area contributed by atoms with E-state index in [9.17, 15) is 26.4 Å². The first-order chi connectivity index (χ1) is 13.5. The monoisotopic (exact) mass is 473 g/mol. The number of rotatable bonds is 5. The molecule has 0 radical (unpaired) electrons. The van der Waals surface area contributed by atoms with Gasteiger partial charge in [-0.2, -0.15) is 21.6 Å². The van der Waals surface area contributed by atoms with Crippen LogP contribution in [0.1, 0.15) is 44.1 Å². The fourth-order valence-corrected chi connectivity index (χ4v) is 5.02. The van der Waals surface area contributed by atoms with Gasteiger partial charge in [-0.05, 0) is 31.2 Å². The lowest BCUT2D eigenvalue weighted by molar-refractivity contribution is -0.133. The number of carbonyl (C=O) groups is 1. The van der Waals surface area contributed by atoms with Crippen molar-refractivity contribution in [2.24, 2.45) is 5.92 Å². The smallest absolute Gasteiger partial charge is 0.376 e. The van der Waals surface area contributed by atoms with Crippen LogP contribution in [0.15, 0.2) is 12.1 Å². The van der Waals surface area contributed by atoms with E-state index in [1.54, 1.807) is 0 Å². The standard InChI is InChI=1S/C18H20Cl2F3NO4S/c19-15-9-13(28-29(26,27)18(21,22)23)10-16(20)14(15)8-11-6-7-24(17(11)25)12-4-2-1-3-5-12/h9-12H,1-8H2/t11-/m1/s1. The number of halogens is 5. The molecule has 29 heavy (non-hydrogen) atoms. The second-order valence-corrected chi connectivity index (χ2v) is 9.71. The minimum absolute atomic E-state index is 0.0315. The van der Waals surface area contributed by atoms with Crippen molar-refractivity contribution in [2.45, 2.75) is 56.5 Å². The average molecular weight is 474 g/mol. The molecule has 2 fully saturated rings. The van der Waals surface area contributed by atoms with Crippen LogP contribution in [0.5, 0.6) is 5.75 Å². The summed E-state index contributed by atoms with van der Waals surface area (Å²) in [5.74, 6) is -0.927. The molecule has 1 saturated carbocycles. The summed E-state index contributed by atoms with van der Waals surface area (Å²) in [4.78, 5) is 14.7. The summed E-state index contributed by atoms with van der Waals surface area (Å²) in [5, 5.41) is -0.0948. The highest BCUT2D eigenvalue weighted by molar-refractivity contribution is 7.88. The third-order valence-electron chi connectivity index (χ3n) is 5.42. The van der Waals surface area contributed by atoms with Gasteiger partial charge >= 0.3 is 15.6 Å². The number of hydrogen-bond donors (Lipinski definition) is 0. The van der Waals surface area contributed by atoms with Gasteiger partial charge in [-0.25, -0.2) is 0 Å². The first-order valence-electron chi connectivity index (χ1n) is 9.29. The highest BCUT2D eigenvalue weighted by Gasteiger charge is 2.48. The molecule has 0 bridgehead atoms. The van der Waals surface area contributed by atoms with Crippen molar-refractivity contribution in [3.05, 3.63) is 27.7 Å². The molecule has 3 rings (SSSR count). The minimum Gasteiger partial charge on any atom is -0.376 e. The van der Waals surface area contributed by atoms with Gasteiger partial charge in [0.05, 0.1) is 0 Å². The van der Waals surface area contributed by atoms with Gasteiger partial charge in [-0.15, -0.1) is 0 Å². The summed E-state index contributed by atoms with van der Waals surface area (Å²) in [6.45, 7) is 0.661. The van der Waals surface area contributed by atoms with Gasteiger partial charge in [0.2, 0.25) is 5.91 Å². The predicted molar refractivity (Wildman–Crippen MR) is 102 cm³/mol. The number of hydrogen-bond acceptors (Lipinski definition) is 4. The van der Waals surface area contributed by atoms with E-state index in [0.717, 1.165) is 37.8 Å². The van der Waals surface area contributed by atoms with Crippen LogP contribution in [0.3, 0.4) is 0 Å². The molecule has 1 atom stereocenters. The van der Waals surface area contributed by atoms with Gasteiger partial charge < -0.3 is 9.08 Å². The minimum atomic E-state index is -5.83. The molecular formula is C18H20Cl2F3NO4S. The lowest BCUT2D eigenvalue weighted by Crippen LogP contribution is -2.39. The zero-order chi connectivity index (χ0) is 21.4. The maximum atomic E-state index is 12.8. The number of benzene rings is 1. The Kier molecular flexibility index (Phi) is 6.60. The second kappa shape index (κ2) is 8.51. The zero-order valence-corrected chi connectivity index (χ0v) is 17.7. The molecule has 0 aromatic heterocycles. The summed E-state index contributed by atoms with van der Waals surface area (Å²) in [6, 6.07) is 2.19. The molecule has 0 unspecified atom stereocenters. The summed E-state index contributed by atoms with van der Waals surface area (Å²) >= 11 is 12.2. The van der Waals surface area contributed by atoms with Gasteiger partial charge in [-0.1, -0.05) is 42.5 Å². The highest BCUT2D eigenvalue weighted by atomic mass is 35.5. The maximum absolute atomic E-state index is 12.8. The van der Waals surface area contributed by atoms with Crippen molar-refractivity contribution >= 4 is 39.2 Å². The summed E-state index contributed by atoms with van der Waals surface area (Å²) in [7, 11) is -5.83. The second-order valence-electron chi connectivity index (χ2n) is 7.36. The molecule has 1 aliphatic carbocycles. The van der Waals surface area contributed by atoms with E-state index in [4.69, 9.17) is 23.2 Å². The lowest BCUT2D eigenvalue weighted by Gasteiger charge is -2.31. The van der Waals surface area contributed by atoms with Crippen LogP contribution in [0.25, 0.3) is 0 Å². The Hall–Kier alpha value is -1.19. The van der Waals surface area contributed by atoms with Crippen molar-refractivity contribution in [3.63, 3.8) is 0 Å². The van der Waals surface area contributed by atoms with E-state index in [2.05, 4.69) is 4.18 Å². The topological polar surface area (TPSA) is 63.7 Å². The molecule has 0 spiro atoms. The van der Waals surface area contributed by atoms with E-state index in [1.807, 2.05) is 4.90 Å². The Balaban J connectivity index is 1.73. The number of amides is 1. The van der Waals surface area contributed by atoms with Crippen LogP contribution >= 0.6 is 23.2 Å². The Morgan fingerprint density at radius 3 is 2.21 bits per heavy atom. The fourth-order valence-electron chi connectivity index (χ4n) is 3.95. The molecule has 1 saturated heterocycles. The van der Waals surface area contributed by atoms with Crippen LogP contribution in [-0.4, -0.2) is 37.3 Å². The van der Waals surface area contributed by atoms with E-state index in [1.165, 1.54) is 6.42 Å². The van der Waals surface area contributed by atoms with Gasteiger partial charge in [0.1, 0.15) is 5.75 Å². The normalized spacial score (nSPS) is 21.6. The van der Waals surface area contributed by atoms with Crippen LogP contribution in [0.4, 0.5) is 13.2 Å². The van der Waals surface area contributed by atoms with Gasteiger partial charge in [0.15, 0.2) is 0 Å². The Morgan fingerprint density at radius 2 is 1.66 bits per heavy atom. The summed E-state index contributed by atoms with van der Waals surface area (Å²) < 4.78 is 63.8. The maximum Gasteiger partial charge on any atom is 0.534 e. The molecule has 1 aromatic rings. The zero-order valence-electron chi connectivity index (χ0n) is 15.3. The molecule has 1 amide bonds. The number of likely N-dealkylation sites (tertiary alicyclic amines) is 1. The number of nitrogens with zero attached hydrogens (tertiary/aromatic N) is 1. The number of carbonyl (C=O) groups excluding carboxylic acids is 1. The van der Waals surface area contributed by atoms with Crippen LogP contribution in [-0.2, 0) is 21.3 Å². The van der Waals surface area contributed by atoms with Crippen molar-refractivity contribution in [1.29, 1.82) is 0 Å². The Morgan fingerprint density at radius 1 is 1.07 bits per heavy atom. The summed E-state index contributed by atoms with van der Waals surface area (Å²) in [5.41, 5.74) is -5.18. The first kappa shape index (κ1) is 22.5. The van der Waals surface area contributed by atoms with Crippen molar-refractivity contribution in [3.8, 4) is 5.75 Å². The van der Waals surface area contributed by atoms with Crippen molar-refractivity contribution in [2.75, 3.05) is 6.54 Å². The summed E-state index contributed by atoms with van der Waals surface area (Å²) in [6.07, 6.45) is 6.28.